The van der Waals surface area contributed by atoms with Gasteiger partial charge in [-0.15, -0.1) is 0 Å². The number of fused-ring (bicyclic) bond motifs is 1. The second kappa shape index (κ2) is 8.00. The first-order valence-electron chi connectivity index (χ1n) is 11.2. The second-order valence-corrected chi connectivity index (χ2v) is 8.58. The van der Waals surface area contributed by atoms with Crippen molar-refractivity contribution in [2.75, 3.05) is 39.3 Å². The molecule has 0 atom stereocenters. The van der Waals surface area contributed by atoms with Gasteiger partial charge < -0.3 is 14.3 Å². The van der Waals surface area contributed by atoms with Crippen LogP contribution < -0.4 is 5.69 Å². The van der Waals surface area contributed by atoms with Crippen LogP contribution in [0.2, 0.25) is 0 Å². The molecule has 2 aliphatic heterocycles. The normalized spacial score (nSPS) is 19.5. The summed E-state index contributed by atoms with van der Waals surface area (Å²) < 4.78 is 8.87. The van der Waals surface area contributed by atoms with Gasteiger partial charge in [0.15, 0.2) is 0 Å². The molecule has 0 spiro atoms. The Bertz CT molecular complexity index is 1070. The first-order valence-corrected chi connectivity index (χ1v) is 11.2. The van der Waals surface area contributed by atoms with Gasteiger partial charge in [-0.3, -0.25) is 4.57 Å². The minimum absolute atomic E-state index is 0.125. The van der Waals surface area contributed by atoms with Crippen LogP contribution in [0.1, 0.15) is 38.5 Å². The minimum atomic E-state index is -0.125. The number of aryl methyl sites for hydroxylation is 1. The molecule has 3 aromatic rings. The van der Waals surface area contributed by atoms with Crippen LogP contribution in [0.15, 0.2) is 33.6 Å². The van der Waals surface area contributed by atoms with Crippen molar-refractivity contribution in [3.63, 3.8) is 0 Å². The number of hydrogen-bond donors (Lipinski definition) is 0. The van der Waals surface area contributed by atoms with E-state index in [2.05, 4.69) is 26.9 Å². The number of nitrogens with zero attached hydrogens (tertiary/aromatic N) is 6. The number of piperidine rings is 1. The summed E-state index contributed by atoms with van der Waals surface area (Å²) >= 11 is 0. The monoisotopic (exact) mass is 410 g/mol. The lowest BCUT2D eigenvalue weighted by Gasteiger charge is -2.41. The SMILES string of the molecule is CCN1CCC(CN2CC(c3nc(-n4c(=O)n(CC)c5ccccc54)no3)C2)CC1. The lowest BCUT2D eigenvalue weighted by molar-refractivity contribution is 0.0812. The van der Waals surface area contributed by atoms with Crippen molar-refractivity contribution in [1.29, 1.82) is 0 Å². The Morgan fingerprint density at radius 1 is 1.03 bits per heavy atom. The van der Waals surface area contributed by atoms with E-state index in [0.717, 1.165) is 36.6 Å². The predicted molar refractivity (Wildman–Crippen MR) is 115 cm³/mol. The summed E-state index contributed by atoms with van der Waals surface area (Å²) in [6.45, 7) is 11.5. The van der Waals surface area contributed by atoms with Gasteiger partial charge >= 0.3 is 5.69 Å². The molecule has 0 saturated carbocycles. The molecule has 30 heavy (non-hydrogen) atoms. The Morgan fingerprint density at radius 2 is 1.77 bits per heavy atom. The first kappa shape index (κ1) is 19.5. The summed E-state index contributed by atoms with van der Waals surface area (Å²) in [5.74, 6) is 2.04. The Hall–Kier alpha value is -2.45. The topological polar surface area (TPSA) is 72.3 Å². The minimum Gasteiger partial charge on any atom is -0.337 e. The van der Waals surface area contributed by atoms with Crippen LogP contribution in [0, 0.1) is 5.92 Å². The molecule has 8 nitrogen and oxygen atoms in total. The number of imidazole rings is 1. The highest BCUT2D eigenvalue weighted by Gasteiger charge is 2.34. The van der Waals surface area contributed by atoms with Crippen LogP contribution >= 0.6 is 0 Å². The second-order valence-electron chi connectivity index (χ2n) is 8.58. The van der Waals surface area contributed by atoms with E-state index >= 15 is 0 Å². The highest BCUT2D eigenvalue weighted by molar-refractivity contribution is 5.77. The molecule has 0 N–H and O–H groups in total. The van der Waals surface area contributed by atoms with Gasteiger partial charge in [0, 0.05) is 26.2 Å². The van der Waals surface area contributed by atoms with Crippen LogP contribution in [-0.4, -0.2) is 68.3 Å². The third-order valence-corrected chi connectivity index (χ3v) is 6.76. The van der Waals surface area contributed by atoms with Gasteiger partial charge in [-0.2, -0.15) is 4.98 Å². The zero-order valence-electron chi connectivity index (χ0n) is 17.8. The van der Waals surface area contributed by atoms with Crippen LogP contribution in [0.3, 0.4) is 0 Å². The van der Waals surface area contributed by atoms with Crippen LogP contribution in [0.25, 0.3) is 17.0 Å². The molecule has 5 rings (SSSR count). The van der Waals surface area contributed by atoms with Crippen molar-refractivity contribution >= 4 is 11.0 Å². The molecular formula is C22H30N6O2. The molecule has 4 heterocycles. The van der Waals surface area contributed by atoms with Gasteiger partial charge in [-0.05, 0) is 62.6 Å². The van der Waals surface area contributed by atoms with E-state index in [1.165, 1.54) is 32.5 Å². The summed E-state index contributed by atoms with van der Waals surface area (Å²) in [5, 5.41) is 4.15. The van der Waals surface area contributed by atoms with E-state index in [1.807, 2.05) is 31.2 Å². The number of rotatable bonds is 6. The van der Waals surface area contributed by atoms with E-state index in [1.54, 1.807) is 9.13 Å². The smallest absolute Gasteiger partial charge is 0.336 e. The Labute approximate surface area is 176 Å². The van der Waals surface area contributed by atoms with Crippen LogP contribution in [-0.2, 0) is 6.54 Å². The number of para-hydroxylation sites is 2. The van der Waals surface area contributed by atoms with Crippen LogP contribution in [0.4, 0.5) is 0 Å². The largest absolute Gasteiger partial charge is 0.337 e. The molecule has 0 aliphatic carbocycles. The van der Waals surface area contributed by atoms with Gasteiger partial charge in [-0.1, -0.05) is 19.1 Å². The molecule has 2 saturated heterocycles. The van der Waals surface area contributed by atoms with Gasteiger partial charge in [0.05, 0.1) is 17.0 Å². The maximum absolute atomic E-state index is 12.9. The van der Waals surface area contributed by atoms with Gasteiger partial charge in [0.25, 0.3) is 5.95 Å². The average molecular weight is 411 g/mol. The van der Waals surface area contributed by atoms with E-state index in [0.29, 0.717) is 18.4 Å². The molecule has 2 fully saturated rings. The Balaban J connectivity index is 1.26. The fraction of sp³-hybridized carbons (Fsp3) is 0.591. The number of aromatic nitrogens is 4. The lowest BCUT2D eigenvalue weighted by atomic mass is 9.92. The molecule has 2 aliphatic rings. The zero-order chi connectivity index (χ0) is 20.7. The maximum atomic E-state index is 12.9. The Kier molecular flexibility index (Phi) is 5.20. The highest BCUT2D eigenvalue weighted by atomic mass is 16.5. The number of likely N-dealkylation sites (tertiary alicyclic amines) is 2. The standard InChI is InChI=1S/C22H30N6O2/c1-3-25-11-9-16(10-12-25)13-26-14-17(15-26)20-23-21(24-30-20)28-19-8-6-5-7-18(19)27(4-2)22(28)29/h5-8,16-17H,3-4,9-15H2,1-2H3. The summed E-state index contributed by atoms with van der Waals surface area (Å²) in [4.78, 5) is 22.5. The molecule has 8 heteroatoms. The van der Waals surface area contributed by atoms with E-state index < -0.39 is 0 Å². The summed E-state index contributed by atoms with van der Waals surface area (Å²) in [7, 11) is 0. The highest BCUT2D eigenvalue weighted by Crippen LogP contribution is 2.29. The summed E-state index contributed by atoms with van der Waals surface area (Å²) in [5.41, 5.74) is 1.57. The summed E-state index contributed by atoms with van der Waals surface area (Å²) in [6, 6.07) is 7.74. The third-order valence-electron chi connectivity index (χ3n) is 6.76. The average Bonchev–Trinajstić information content (AvgIpc) is 3.32. The maximum Gasteiger partial charge on any atom is 0.336 e. The lowest BCUT2D eigenvalue weighted by Crippen LogP contribution is -2.48. The number of hydrogen-bond acceptors (Lipinski definition) is 6. The fourth-order valence-corrected chi connectivity index (χ4v) is 4.92. The van der Waals surface area contributed by atoms with E-state index in [4.69, 9.17) is 4.52 Å². The first-order chi connectivity index (χ1) is 14.7. The fourth-order valence-electron chi connectivity index (χ4n) is 4.92. The van der Waals surface area contributed by atoms with Crippen molar-refractivity contribution < 1.29 is 4.52 Å². The molecule has 0 unspecified atom stereocenters. The quantitative estimate of drug-likeness (QED) is 0.621. The predicted octanol–water partition coefficient (Wildman–Crippen LogP) is 2.33. The molecule has 1 aromatic carbocycles. The van der Waals surface area contributed by atoms with Crippen molar-refractivity contribution in [2.24, 2.45) is 5.92 Å². The molecular weight excluding hydrogens is 380 g/mol. The molecule has 2 aromatic heterocycles. The van der Waals surface area contributed by atoms with Crippen molar-refractivity contribution in [2.45, 2.75) is 39.2 Å². The van der Waals surface area contributed by atoms with Crippen molar-refractivity contribution in [3.05, 3.63) is 40.6 Å². The summed E-state index contributed by atoms with van der Waals surface area (Å²) in [6.07, 6.45) is 2.59. The third kappa shape index (κ3) is 3.37. The van der Waals surface area contributed by atoms with Crippen molar-refractivity contribution in [1.82, 2.24) is 29.1 Å². The Morgan fingerprint density at radius 3 is 2.47 bits per heavy atom. The van der Waals surface area contributed by atoms with E-state index in [-0.39, 0.29) is 11.6 Å². The van der Waals surface area contributed by atoms with E-state index in [9.17, 15) is 4.79 Å². The van der Waals surface area contributed by atoms with Crippen LogP contribution in [0.5, 0.6) is 0 Å². The molecule has 0 bridgehead atoms. The molecule has 160 valence electrons. The molecule has 0 radical (unpaired) electrons. The number of benzene rings is 1. The zero-order valence-corrected chi connectivity index (χ0v) is 17.8. The van der Waals surface area contributed by atoms with Gasteiger partial charge in [0.2, 0.25) is 5.89 Å². The van der Waals surface area contributed by atoms with Crippen molar-refractivity contribution in [3.8, 4) is 5.95 Å². The van der Waals surface area contributed by atoms with Gasteiger partial charge in [0.1, 0.15) is 0 Å². The van der Waals surface area contributed by atoms with Gasteiger partial charge in [-0.25, -0.2) is 9.36 Å². The molecule has 0 amide bonds.